The van der Waals surface area contributed by atoms with Crippen LogP contribution in [0.5, 0.6) is 11.5 Å². The van der Waals surface area contributed by atoms with Gasteiger partial charge in [0.15, 0.2) is 24.6 Å². The van der Waals surface area contributed by atoms with Crippen LogP contribution in [0.25, 0.3) is 0 Å². The predicted molar refractivity (Wildman–Crippen MR) is 349 cm³/mol. The molecule has 2 heterocycles. The van der Waals surface area contributed by atoms with Crippen molar-refractivity contribution in [3.05, 3.63) is 239 Å². The van der Waals surface area contributed by atoms with E-state index in [1.807, 2.05) is 78.9 Å². The summed E-state index contributed by atoms with van der Waals surface area (Å²) in [5.41, 5.74) is 1.82. The van der Waals surface area contributed by atoms with Crippen LogP contribution in [-0.4, -0.2) is 148 Å². The van der Waals surface area contributed by atoms with Gasteiger partial charge in [-0.1, -0.05) is 134 Å². The number of ether oxygens (including phenoxy) is 10. The van der Waals surface area contributed by atoms with E-state index in [1.54, 1.807) is 104 Å². The van der Waals surface area contributed by atoms with Crippen LogP contribution in [0.1, 0.15) is 122 Å². The van der Waals surface area contributed by atoms with Crippen molar-refractivity contribution >= 4 is 47.6 Å². The van der Waals surface area contributed by atoms with E-state index >= 15 is 0 Å². The number of carbonyl (C=O) groups excluding carboxylic acids is 7. The monoisotopic (exact) mass is 1310 g/mol. The number of hydrogen-bond donors (Lipinski definition) is 2. The summed E-state index contributed by atoms with van der Waals surface area (Å²) >= 11 is 0. The van der Waals surface area contributed by atoms with Crippen LogP contribution in [0.15, 0.2) is 200 Å². The topological polar surface area (TPSA) is 264 Å². The molecule has 0 spiro atoms. The van der Waals surface area contributed by atoms with Gasteiger partial charge in [0.1, 0.15) is 35.9 Å². The quantitative estimate of drug-likeness (QED) is 0.0168. The van der Waals surface area contributed by atoms with Gasteiger partial charge in [0, 0.05) is 32.4 Å². The van der Waals surface area contributed by atoms with E-state index in [-0.39, 0.29) is 79.5 Å². The number of amides is 2. The van der Waals surface area contributed by atoms with Gasteiger partial charge in [0.05, 0.1) is 68.5 Å². The third kappa shape index (κ3) is 19.2. The maximum Gasteiger partial charge on any atom is 0.338 e. The van der Waals surface area contributed by atoms with Crippen molar-refractivity contribution in [3.8, 4) is 11.5 Å². The Hall–Kier alpha value is -10.2. The van der Waals surface area contributed by atoms with Crippen molar-refractivity contribution < 1.29 is 90.8 Å². The Bertz CT molecular complexity index is 3610. The second-order valence-electron chi connectivity index (χ2n) is 23.0. The molecule has 2 amide bonds. The molecule has 0 radical (unpaired) electrons. The smallest absolute Gasteiger partial charge is 0.338 e. The third-order valence-corrected chi connectivity index (χ3v) is 16.4. The van der Waals surface area contributed by atoms with Crippen LogP contribution in [0.4, 0.5) is 0 Å². The summed E-state index contributed by atoms with van der Waals surface area (Å²) in [6.45, 7) is -0.161. The van der Waals surface area contributed by atoms with Crippen molar-refractivity contribution in [2.24, 2.45) is 0 Å². The average molecular weight is 1310 g/mol. The molecule has 9 rings (SSSR count). The fourth-order valence-corrected chi connectivity index (χ4v) is 11.5. The highest BCUT2D eigenvalue weighted by atomic mass is 16.7. The van der Waals surface area contributed by atoms with Crippen LogP contribution in [-0.2, 0) is 62.7 Å². The van der Waals surface area contributed by atoms with Crippen LogP contribution in [0, 0.1) is 0 Å². The van der Waals surface area contributed by atoms with E-state index in [0.717, 1.165) is 16.7 Å². The highest BCUT2D eigenvalue weighted by Gasteiger charge is 2.54. The molecule has 0 bridgehead atoms. The van der Waals surface area contributed by atoms with E-state index in [1.165, 1.54) is 36.4 Å². The Morgan fingerprint density at radius 2 is 0.979 bits per heavy atom. The molecular weight excluding hydrogens is 1230 g/mol. The Balaban J connectivity index is 0.823. The summed E-state index contributed by atoms with van der Waals surface area (Å²) in [6, 6.07) is 56.6. The molecule has 2 saturated heterocycles. The number of methoxy groups -OCH3 is 2. The number of unbranched alkanes of at least 4 members (excludes halogenated alkanes) is 3. The Morgan fingerprint density at radius 3 is 1.50 bits per heavy atom. The first-order chi connectivity index (χ1) is 46.7. The number of esters is 5. The molecule has 2 N–H and O–H groups in total. The van der Waals surface area contributed by atoms with Gasteiger partial charge >= 0.3 is 35.8 Å². The summed E-state index contributed by atoms with van der Waals surface area (Å²) in [7, 11) is 3.18. The number of benzene rings is 7. The molecule has 2 aliphatic heterocycles. The van der Waals surface area contributed by atoms with E-state index < -0.39 is 97.3 Å². The van der Waals surface area contributed by atoms with Gasteiger partial charge in [-0.2, -0.15) is 0 Å². The van der Waals surface area contributed by atoms with E-state index in [9.17, 15) is 43.5 Å². The number of nitrogens with zero attached hydrogens (tertiary/aromatic N) is 1. The summed E-state index contributed by atoms with van der Waals surface area (Å²) in [5.74, 6) is -4.20. The van der Waals surface area contributed by atoms with Gasteiger partial charge in [-0.25, -0.2) is 19.2 Å². The second kappa shape index (κ2) is 35.3. The van der Waals surface area contributed by atoms with Gasteiger partial charge in [0.25, 0.3) is 0 Å². The molecule has 502 valence electrons. The Labute approximate surface area is 556 Å². The minimum atomic E-state index is -1.61. The molecular formula is C75H78N2O19. The van der Waals surface area contributed by atoms with Gasteiger partial charge in [-0.05, 0) is 115 Å². The summed E-state index contributed by atoms with van der Waals surface area (Å²) < 4.78 is 61.0. The normalized spacial score (nSPS) is 18.2. The lowest BCUT2D eigenvalue weighted by Gasteiger charge is -2.44. The van der Waals surface area contributed by atoms with Crippen LogP contribution in [0.2, 0.25) is 0 Å². The predicted octanol–water partition coefficient (Wildman–Crippen LogP) is 10.5. The number of rotatable bonds is 33. The SMILES string of the molecule is COc1ccc(C(OC[C@@H]2C[C@@H](OC(=O)CCC(=O)O)CN2C(=O)CCCCCNC(=O)CCCCO[C@H]2OC(COC(=O)c3ccccc3)[C@@H](OC(=O)c3ccccc3)[C@H](OC(=O)c3ccccc3)C2OC(=O)c2ccccc2)(c2ccccc2)c2ccc(OC)cc2)cc1. The number of carboxylic acid groups (broad SMARTS) is 1. The van der Waals surface area contributed by atoms with E-state index in [4.69, 9.17) is 47.4 Å². The lowest BCUT2D eigenvalue weighted by atomic mass is 9.80. The number of nitrogens with one attached hydrogen (secondary N) is 1. The van der Waals surface area contributed by atoms with Crippen molar-refractivity contribution in [1.29, 1.82) is 0 Å². The van der Waals surface area contributed by atoms with Crippen molar-refractivity contribution in [2.75, 3.05) is 47.1 Å². The van der Waals surface area contributed by atoms with Crippen molar-refractivity contribution in [1.82, 2.24) is 10.2 Å². The van der Waals surface area contributed by atoms with Crippen LogP contribution < -0.4 is 14.8 Å². The maximum atomic E-state index is 14.3. The summed E-state index contributed by atoms with van der Waals surface area (Å²) in [5, 5.41) is 12.2. The number of likely N-dealkylation sites (tertiary alicyclic amines) is 1. The Kier molecular flexibility index (Phi) is 25.8. The summed E-state index contributed by atoms with van der Waals surface area (Å²) in [4.78, 5) is 109. The average Bonchev–Trinajstić information content (AvgIpc) is 0.832. The molecule has 0 aromatic heterocycles. The second-order valence-corrected chi connectivity index (χ2v) is 23.0. The molecule has 0 saturated carbocycles. The molecule has 2 unspecified atom stereocenters. The van der Waals surface area contributed by atoms with Crippen LogP contribution in [0.3, 0.4) is 0 Å². The van der Waals surface area contributed by atoms with Gasteiger partial charge in [-0.3, -0.25) is 19.2 Å². The van der Waals surface area contributed by atoms with E-state index in [0.29, 0.717) is 50.1 Å². The fraction of sp³-hybridized carbons (Fsp3) is 0.333. The van der Waals surface area contributed by atoms with Crippen LogP contribution >= 0.6 is 0 Å². The summed E-state index contributed by atoms with van der Waals surface area (Å²) in [6.07, 6.45) is -6.27. The van der Waals surface area contributed by atoms with Crippen molar-refractivity contribution in [2.45, 2.75) is 113 Å². The molecule has 2 aliphatic rings. The first-order valence-electron chi connectivity index (χ1n) is 32.0. The number of hydrogen-bond acceptors (Lipinski definition) is 18. The zero-order valence-electron chi connectivity index (χ0n) is 53.4. The molecule has 7 aromatic rings. The number of carbonyl (C=O) groups is 8. The molecule has 21 heteroatoms. The zero-order chi connectivity index (χ0) is 67.7. The molecule has 96 heavy (non-hydrogen) atoms. The molecule has 21 nitrogen and oxygen atoms in total. The van der Waals surface area contributed by atoms with Gasteiger partial charge in [0.2, 0.25) is 11.8 Å². The fourth-order valence-electron chi connectivity index (χ4n) is 11.5. The molecule has 7 atom stereocenters. The van der Waals surface area contributed by atoms with Gasteiger partial charge < -0.3 is 62.7 Å². The lowest BCUT2D eigenvalue weighted by molar-refractivity contribution is -0.298. The lowest BCUT2D eigenvalue weighted by Crippen LogP contribution is -2.63. The first kappa shape index (κ1) is 70.1. The van der Waals surface area contributed by atoms with Gasteiger partial charge in [-0.15, -0.1) is 0 Å². The maximum absolute atomic E-state index is 14.3. The standard InChI is InChI=1S/C75H78N2O19/c1-87-59-39-35-56(36-40-59)75(55-31-17-7-18-32-55,57-37-41-60(88-2)42-38-57)91-49-58-47-61(92-66(82)44-43-65(80)81)48-77(58)64(79)34-19-8-21-45-76-63(78)33-20-22-46-89-74-69(96-73(86)54-29-15-6-16-30-54)68(95-72(85)53-27-13-5-14-28-53)67(94-71(84)52-25-11-4-12-26-52)62(93-74)50-90-70(83)51-23-9-3-10-24-51/h3-7,9-18,23-32,35-42,58,61-62,67-69,74H,8,19-22,33-34,43-50H2,1-2H3,(H,76,78)(H,80,81)/t58-,61+,62?,67+,68-,69?,74-/m0/s1. The molecule has 0 aliphatic carbocycles. The zero-order valence-corrected chi connectivity index (χ0v) is 53.4. The third-order valence-electron chi connectivity index (χ3n) is 16.4. The highest BCUT2D eigenvalue weighted by molar-refractivity contribution is 5.92. The first-order valence-corrected chi connectivity index (χ1v) is 32.0. The minimum absolute atomic E-state index is 0.0229. The van der Waals surface area contributed by atoms with Crippen molar-refractivity contribution in [3.63, 3.8) is 0 Å². The largest absolute Gasteiger partial charge is 0.497 e. The molecule has 7 aromatic carbocycles. The number of aliphatic carboxylic acids is 1. The molecule has 2 fully saturated rings. The highest BCUT2D eigenvalue weighted by Crippen LogP contribution is 2.43. The number of carboxylic acids is 1. The Morgan fingerprint density at radius 1 is 0.500 bits per heavy atom. The van der Waals surface area contributed by atoms with E-state index in [2.05, 4.69) is 5.32 Å². The minimum Gasteiger partial charge on any atom is -0.497 e.